The maximum absolute atomic E-state index is 12.6. The fourth-order valence-electron chi connectivity index (χ4n) is 2.47. The molecule has 0 fully saturated rings. The summed E-state index contributed by atoms with van der Waals surface area (Å²) >= 11 is 0. The first kappa shape index (κ1) is 20.2. The van der Waals surface area contributed by atoms with Gasteiger partial charge in [0.15, 0.2) is 6.04 Å². The summed E-state index contributed by atoms with van der Waals surface area (Å²) in [6, 6.07) is 8.39. The molecule has 1 rings (SSSR count). The molecule has 0 saturated heterocycles. The summed E-state index contributed by atoms with van der Waals surface area (Å²) in [5, 5.41) is 10.7. The number of amides is 1. The van der Waals surface area contributed by atoms with Gasteiger partial charge in [0.25, 0.3) is 0 Å². The topological polar surface area (TPSA) is 66.8 Å². The Morgan fingerprint density at radius 2 is 1.79 bits per heavy atom. The van der Waals surface area contributed by atoms with Gasteiger partial charge in [-0.3, -0.25) is 9.63 Å². The first-order valence-corrected chi connectivity index (χ1v) is 8.49. The average molecular weight is 335 g/mol. The maximum Gasteiger partial charge on any atom is 0.329 e. The summed E-state index contributed by atoms with van der Waals surface area (Å²) in [6.45, 7) is 7.61. The Bertz CT molecular complexity index is 522. The smallest absolute Gasteiger partial charge is 0.329 e. The van der Waals surface area contributed by atoms with E-state index in [-0.39, 0.29) is 12.5 Å². The molecular formula is C19H29NO4. The summed E-state index contributed by atoms with van der Waals surface area (Å²) in [4.78, 5) is 30.0. The van der Waals surface area contributed by atoms with Crippen LogP contribution in [0.25, 0.3) is 0 Å². The number of hydrogen-bond acceptors (Lipinski definition) is 3. The molecule has 0 saturated carbocycles. The van der Waals surface area contributed by atoms with Gasteiger partial charge in [-0.1, -0.05) is 70.9 Å². The first-order chi connectivity index (χ1) is 11.3. The molecule has 0 aliphatic rings. The number of aliphatic carboxylic acids is 1. The zero-order chi connectivity index (χ0) is 18.2. The lowest BCUT2D eigenvalue weighted by Crippen LogP contribution is -2.51. The number of unbranched alkanes of at least 4 members (excludes halogenated alkanes) is 2. The monoisotopic (exact) mass is 335 g/mol. The van der Waals surface area contributed by atoms with Crippen molar-refractivity contribution >= 4 is 11.9 Å². The van der Waals surface area contributed by atoms with E-state index in [9.17, 15) is 14.7 Å². The fraction of sp³-hybridized carbons (Fsp3) is 0.579. The molecular weight excluding hydrogens is 306 g/mol. The Morgan fingerprint density at radius 1 is 1.17 bits per heavy atom. The van der Waals surface area contributed by atoms with Crippen LogP contribution in [-0.4, -0.2) is 28.1 Å². The summed E-state index contributed by atoms with van der Waals surface area (Å²) < 4.78 is 0. The molecule has 0 heterocycles. The van der Waals surface area contributed by atoms with Crippen molar-refractivity contribution in [2.75, 3.05) is 0 Å². The molecule has 0 aromatic heterocycles. The predicted molar refractivity (Wildman–Crippen MR) is 93.1 cm³/mol. The lowest BCUT2D eigenvalue weighted by molar-refractivity contribution is -0.222. The van der Waals surface area contributed by atoms with Crippen LogP contribution in [0.4, 0.5) is 0 Å². The van der Waals surface area contributed by atoms with Gasteiger partial charge in [-0.15, -0.1) is 0 Å². The second kappa shape index (κ2) is 9.42. The standard InChI is InChI=1S/C19H29NO4/c1-5-6-8-13-16(21)20(17(18(22)23)19(2,3)4)24-14-15-11-9-7-10-12-15/h7,9-12,17H,5-6,8,13-14H2,1-4H3,(H,22,23). The number of carbonyl (C=O) groups excluding carboxylic acids is 1. The average Bonchev–Trinajstić information content (AvgIpc) is 2.50. The van der Waals surface area contributed by atoms with Crippen LogP contribution in [0, 0.1) is 5.41 Å². The first-order valence-electron chi connectivity index (χ1n) is 8.49. The Kier molecular flexibility index (Phi) is 7.92. The van der Waals surface area contributed by atoms with Crippen molar-refractivity contribution in [3.63, 3.8) is 0 Å². The highest BCUT2D eigenvalue weighted by atomic mass is 16.7. The number of hydrogen-bond donors (Lipinski definition) is 1. The van der Waals surface area contributed by atoms with Gasteiger partial charge in [0.05, 0.1) is 0 Å². The van der Waals surface area contributed by atoms with E-state index in [0.717, 1.165) is 29.9 Å². The minimum atomic E-state index is -1.06. The number of carboxylic acid groups (broad SMARTS) is 1. The molecule has 0 spiro atoms. The van der Waals surface area contributed by atoms with Crippen LogP contribution in [-0.2, 0) is 21.0 Å². The van der Waals surface area contributed by atoms with E-state index in [1.54, 1.807) is 20.8 Å². The van der Waals surface area contributed by atoms with E-state index >= 15 is 0 Å². The molecule has 1 N–H and O–H groups in total. The highest BCUT2D eigenvalue weighted by Crippen LogP contribution is 2.26. The SMILES string of the molecule is CCCCCC(=O)N(OCc1ccccc1)C(C(=O)O)C(C)(C)C. The Balaban J connectivity index is 2.92. The summed E-state index contributed by atoms with van der Waals surface area (Å²) in [5.41, 5.74) is 0.255. The van der Waals surface area contributed by atoms with E-state index in [1.807, 2.05) is 30.3 Å². The zero-order valence-electron chi connectivity index (χ0n) is 15.1. The summed E-state index contributed by atoms with van der Waals surface area (Å²) in [6.07, 6.45) is 2.96. The number of carbonyl (C=O) groups is 2. The van der Waals surface area contributed by atoms with E-state index in [4.69, 9.17) is 4.84 Å². The van der Waals surface area contributed by atoms with E-state index in [2.05, 4.69) is 6.92 Å². The van der Waals surface area contributed by atoms with Crippen LogP contribution in [0.15, 0.2) is 30.3 Å². The highest BCUT2D eigenvalue weighted by Gasteiger charge is 2.40. The fourth-order valence-corrected chi connectivity index (χ4v) is 2.47. The molecule has 134 valence electrons. The molecule has 5 heteroatoms. The van der Waals surface area contributed by atoms with Gasteiger partial charge < -0.3 is 5.11 Å². The molecule has 24 heavy (non-hydrogen) atoms. The Hall–Kier alpha value is -1.88. The molecule has 0 aliphatic carbocycles. The Morgan fingerprint density at radius 3 is 2.29 bits per heavy atom. The quantitative estimate of drug-likeness (QED) is 0.546. The second-order valence-corrected chi connectivity index (χ2v) is 7.04. The Labute approximate surface area is 144 Å². The van der Waals surface area contributed by atoms with Crippen molar-refractivity contribution in [2.24, 2.45) is 5.41 Å². The van der Waals surface area contributed by atoms with Gasteiger partial charge in [-0.25, -0.2) is 9.86 Å². The molecule has 1 aromatic carbocycles. The molecule has 1 unspecified atom stereocenters. The van der Waals surface area contributed by atoms with Gasteiger partial charge in [-0.2, -0.15) is 0 Å². The molecule has 0 radical (unpaired) electrons. The minimum Gasteiger partial charge on any atom is -0.480 e. The van der Waals surface area contributed by atoms with Gasteiger partial charge in [0.2, 0.25) is 5.91 Å². The number of carboxylic acids is 1. The molecule has 1 amide bonds. The second-order valence-electron chi connectivity index (χ2n) is 7.04. The van der Waals surface area contributed by atoms with Crippen molar-refractivity contribution < 1.29 is 19.5 Å². The molecule has 0 bridgehead atoms. The maximum atomic E-state index is 12.6. The van der Waals surface area contributed by atoms with E-state index in [1.165, 1.54) is 0 Å². The van der Waals surface area contributed by atoms with Gasteiger partial charge >= 0.3 is 5.97 Å². The van der Waals surface area contributed by atoms with Crippen molar-refractivity contribution in [2.45, 2.75) is 66.0 Å². The molecule has 1 aromatic rings. The van der Waals surface area contributed by atoms with Crippen molar-refractivity contribution in [1.29, 1.82) is 0 Å². The summed E-state index contributed by atoms with van der Waals surface area (Å²) in [5.74, 6) is -1.33. The third-order valence-corrected chi connectivity index (χ3v) is 3.74. The highest BCUT2D eigenvalue weighted by molar-refractivity contribution is 5.83. The predicted octanol–water partition coefficient (Wildman–Crippen LogP) is 4.03. The lowest BCUT2D eigenvalue weighted by atomic mass is 9.86. The third-order valence-electron chi connectivity index (χ3n) is 3.74. The van der Waals surface area contributed by atoms with Crippen LogP contribution in [0.3, 0.4) is 0 Å². The lowest BCUT2D eigenvalue weighted by Gasteiger charge is -2.36. The van der Waals surface area contributed by atoms with Crippen molar-refractivity contribution in [3.8, 4) is 0 Å². The molecule has 0 aliphatic heterocycles. The van der Waals surface area contributed by atoms with Crippen molar-refractivity contribution in [3.05, 3.63) is 35.9 Å². The zero-order valence-corrected chi connectivity index (χ0v) is 15.1. The minimum absolute atomic E-state index is 0.167. The number of rotatable bonds is 9. The number of nitrogens with zero attached hydrogens (tertiary/aromatic N) is 1. The summed E-state index contributed by atoms with van der Waals surface area (Å²) in [7, 11) is 0. The molecule has 1 atom stereocenters. The normalized spacial score (nSPS) is 12.7. The van der Waals surface area contributed by atoms with Crippen molar-refractivity contribution in [1.82, 2.24) is 5.06 Å². The third kappa shape index (κ3) is 6.32. The van der Waals surface area contributed by atoms with Crippen LogP contribution in [0.5, 0.6) is 0 Å². The molecule has 5 nitrogen and oxygen atoms in total. The van der Waals surface area contributed by atoms with Gasteiger partial charge in [0, 0.05) is 6.42 Å². The van der Waals surface area contributed by atoms with E-state index < -0.39 is 17.4 Å². The number of benzene rings is 1. The van der Waals surface area contributed by atoms with Crippen LogP contribution < -0.4 is 0 Å². The van der Waals surface area contributed by atoms with Crippen LogP contribution in [0.2, 0.25) is 0 Å². The van der Waals surface area contributed by atoms with Gasteiger partial charge in [-0.05, 0) is 17.4 Å². The number of hydroxylamine groups is 2. The van der Waals surface area contributed by atoms with E-state index in [0.29, 0.717) is 6.42 Å². The van der Waals surface area contributed by atoms with Crippen LogP contribution >= 0.6 is 0 Å². The van der Waals surface area contributed by atoms with Gasteiger partial charge in [0.1, 0.15) is 6.61 Å². The van der Waals surface area contributed by atoms with Crippen LogP contribution in [0.1, 0.15) is 58.9 Å². The largest absolute Gasteiger partial charge is 0.480 e.